The second kappa shape index (κ2) is 7.45. The molecule has 3 rings (SSSR count). The van der Waals surface area contributed by atoms with E-state index in [0.717, 1.165) is 43.8 Å². The monoisotopic (exact) mass is 324 g/mol. The molecular formula is C19H24N4O. The molecule has 1 aliphatic heterocycles. The summed E-state index contributed by atoms with van der Waals surface area (Å²) in [6.07, 6.45) is 0. The Morgan fingerprint density at radius 3 is 2.46 bits per heavy atom. The Labute approximate surface area is 142 Å². The zero-order valence-corrected chi connectivity index (χ0v) is 14.3. The van der Waals surface area contributed by atoms with Crippen LogP contribution in [0.3, 0.4) is 0 Å². The van der Waals surface area contributed by atoms with Gasteiger partial charge in [0, 0.05) is 33.1 Å². The summed E-state index contributed by atoms with van der Waals surface area (Å²) in [6.45, 7) is 8.41. The van der Waals surface area contributed by atoms with Gasteiger partial charge in [0.25, 0.3) is 0 Å². The number of ketones is 1. The minimum Gasteiger partial charge on any atom is -0.350 e. The fourth-order valence-corrected chi connectivity index (χ4v) is 3.02. The highest BCUT2D eigenvalue weighted by Crippen LogP contribution is 2.19. The molecule has 0 radical (unpaired) electrons. The standard InChI is InChI=1S/C19H24N4O/c1-3-22-10-12-23(13-11-22)19(15(2)24)21-20-18-9-8-16-6-4-5-7-17(16)14-18/h4-9,14,20H,3,10-13H2,1-2H3. The Balaban J connectivity index is 1.74. The van der Waals surface area contributed by atoms with Crippen LogP contribution < -0.4 is 5.43 Å². The predicted molar refractivity (Wildman–Crippen MR) is 99.4 cm³/mol. The normalized spacial score (nSPS) is 16.4. The quantitative estimate of drug-likeness (QED) is 0.534. The maximum Gasteiger partial charge on any atom is 0.196 e. The van der Waals surface area contributed by atoms with Crippen molar-refractivity contribution >= 4 is 28.1 Å². The summed E-state index contributed by atoms with van der Waals surface area (Å²) in [5.74, 6) is 0.507. The molecule has 0 bridgehead atoms. The molecule has 1 fully saturated rings. The summed E-state index contributed by atoms with van der Waals surface area (Å²) >= 11 is 0. The van der Waals surface area contributed by atoms with E-state index in [-0.39, 0.29) is 5.78 Å². The average molecular weight is 324 g/mol. The number of amidine groups is 1. The predicted octanol–water partition coefficient (Wildman–Crippen LogP) is 2.79. The third-order valence-corrected chi connectivity index (χ3v) is 4.47. The first kappa shape index (κ1) is 16.5. The molecular weight excluding hydrogens is 300 g/mol. The summed E-state index contributed by atoms with van der Waals surface area (Å²) in [7, 11) is 0. The van der Waals surface area contributed by atoms with E-state index < -0.39 is 0 Å². The number of nitrogens with one attached hydrogen (secondary N) is 1. The molecule has 1 N–H and O–H groups in total. The maximum absolute atomic E-state index is 12.0. The van der Waals surface area contributed by atoms with Crippen molar-refractivity contribution in [2.24, 2.45) is 5.10 Å². The van der Waals surface area contributed by atoms with E-state index in [0.29, 0.717) is 5.84 Å². The topological polar surface area (TPSA) is 47.9 Å². The summed E-state index contributed by atoms with van der Waals surface area (Å²) in [5, 5.41) is 6.74. The number of hydrazone groups is 1. The Bertz CT molecular complexity index is 748. The minimum absolute atomic E-state index is 0.00626. The van der Waals surface area contributed by atoms with Crippen LogP contribution in [0.1, 0.15) is 13.8 Å². The molecule has 5 heteroatoms. The molecule has 2 aromatic carbocycles. The lowest BCUT2D eigenvalue weighted by atomic mass is 10.1. The van der Waals surface area contributed by atoms with Crippen LogP contribution in [0.4, 0.5) is 5.69 Å². The molecule has 1 saturated heterocycles. The van der Waals surface area contributed by atoms with E-state index in [1.807, 2.05) is 24.3 Å². The third-order valence-electron chi connectivity index (χ3n) is 4.47. The average Bonchev–Trinajstić information content (AvgIpc) is 2.62. The number of carbonyl (C=O) groups excluding carboxylic acids is 1. The van der Waals surface area contributed by atoms with E-state index in [1.54, 1.807) is 6.92 Å². The number of fused-ring (bicyclic) bond motifs is 1. The summed E-state index contributed by atoms with van der Waals surface area (Å²) < 4.78 is 0. The molecule has 0 aromatic heterocycles. The Kier molecular flexibility index (Phi) is 5.11. The fraction of sp³-hybridized carbons (Fsp3) is 0.368. The highest BCUT2D eigenvalue weighted by Gasteiger charge is 2.21. The van der Waals surface area contributed by atoms with Gasteiger partial charge in [0.05, 0.1) is 5.69 Å². The van der Waals surface area contributed by atoms with Gasteiger partial charge in [-0.05, 0) is 29.4 Å². The minimum atomic E-state index is -0.00626. The molecule has 126 valence electrons. The molecule has 1 heterocycles. The highest BCUT2D eigenvalue weighted by molar-refractivity contribution is 6.37. The smallest absolute Gasteiger partial charge is 0.196 e. The summed E-state index contributed by atoms with van der Waals surface area (Å²) in [4.78, 5) is 16.5. The van der Waals surface area contributed by atoms with Crippen molar-refractivity contribution < 1.29 is 4.79 Å². The number of carbonyl (C=O) groups is 1. The van der Waals surface area contributed by atoms with Crippen LogP contribution >= 0.6 is 0 Å². The lowest BCUT2D eigenvalue weighted by molar-refractivity contribution is -0.111. The van der Waals surface area contributed by atoms with Crippen LogP contribution in [0.5, 0.6) is 0 Å². The number of hydrogen-bond acceptors (Lipinski definition) is 4. The van der Waals surface area contributed by atoms with Crippen LogP contribution in [-0.4, -0.2) is 54.1 Å². The van der Waals surface area contributed by atoms with Crippen LogP contribution in [-0.2, 0) is 4.79 Å². The van der Waals surface area contributed by atoms with E-state index >= 15 is 0 Å². The number of nitrogens with zero attached hydrogens (tertiary/aromatic N) is 3. The summed E-state index contributed by atoms with van der Waals surface area (Å²) in [5.41, 5.74) is 3.94. The van der Waals surface area contributed by atoms with Gasteiger partial charge < -0.3 is 9.80 Å². The third kappa shape index (κ3) is 3.74. The van der Waals surface area contributed by atoms with Crippen LogP contribution in [0.2, 0.25) is 0 Å². The van der Waals surface area contributed by atoms with Gasteiger partial charge in [-0.15, -0.1) is 0 Å². The van der Waals surface area contributed by atoms with Gasteiger partial charge in [-0.1, -0.05) is 37.3 Å². The Hall–Kier alpha value is -2.40. The van der Waals surface area contributed by atoms with Gasteiger partial charge in [0.1, 0.15) is 0 Å². The van der Waals surface area contributed by atoms with Gasteiger partial charge in [-0.3, -0.25) is 10.2 Å². The largest absolute Gasteiger partial charge is 0.350 e. The number of anilines is 1. The lowest BCUT2D eigenvalue weighted by Crippen LogP contribution is -2.50. The fourth-order valence-electron chi connectivity index (χ4n) is 3.02. The first-order valence-corrected chi connectivity index (χ1v) is 8.48. The van der Waals surface area contributed by atoms with Gasteiger partial charge >= 0.3 is 0 Å². The number of hydrogen-bond donors (Lipinski definition) is 1. The molecule has 0 atom stereocenters. The second-order valence-electron chi connectivity index (χ2n) is 6.09. The van der Waals surface area contributed by atoms with Crippen molar-refractivity contribution in [3.05, 3.63) is 42.5 Å². The van der Waals surface area contributed by atoms with E-state index in [4.69, 9.17) is 0 Å². The zero-order valence-electron chi connectivity index (χ0n) is 14.3. The van der Waals surface area contributed by atoms with Crippen molar-refractivity contribution in [2.45, 2.75) is 13.8 Å². The van der Waals surface area contributed by atoms with Crippen molar-refractivity contribution in [2.75, 3.05) is 38.1 Å². The number of likely N-dealkylation sites (N-methyl/N-ethyl adjacent to an activating group) is 1. The highest BCUT2D eigenvalue weighted by atomic mass is 16.1. The van der Waals surface area contributed by atoms with E-state index in [2.05, 4.69) is 45.4 Å². The molecule has 0 aliphatic carbocycles. The second-order valence-corrected chi connectivity index (χ2v) is 6.09. The van der Waals surface area contributed by atoms with Crippen molar-refractivity contribution in [1.82, 2.24) is 9.80 Å². The van der Waals surface area contributed by atoms with Crippen LogP contribution in [0.25, 0.3) is 10.8 Å². The lowest BCUT2D eigenvalue weighted by Gasteiger charge is -2.35. The van der Waals surface area contributed by atoms with Crippen molar-refractivity contribution in [3.8, 4) is 0 Å². The Morgan fingerprint density at radius 1 is 1.08 bits per heavy atom. The molecule has 1 aliphatic rings. The van der Waals surface area contributed by atoms with E-state index in [1.165, 1.54) is 5.39 Å². The number of rotatable bonds is 4. The van der Waals surface area contributed by atoms with Gasteiger partial charge in [0.2, 0.25) is 0 Å². The van der Waals surface area contributed by atoms with Crippen LogP contribution in [0.15, 0.2) is 47.6 Å². The first-order chi connectivity index (χ1) is 11.7. The van der Waals surface area contributed by atoms with Gasteiger partial charge in [-0.25, -0.2) is 0 Å². The molecule has 0 amide bonds. The van der Waals surface area contributed by atoms with Gasteiger partial charge in [-0.2, -0.15) is 5.10 Å². The molecule has 0 unspecified atom stereocenters. The zero-order chi connectivity index (χ0) is 16.9. The Morgan fingerprint density at radius 2 is 1.79 bits per heavy atom. The van der Waals surface area contributed by atoms with E-state index in [9.17, 15) is 4.79 Å². The number of benzene rings is 2. The number of piperazine rings is 1. The van der Waals surface area contributed by atoms with Gasteiger partial charge in [0.15, 0.2) is 11.6 Å². The molecule has 0 spiro atoms. The maximum atomic E-state index is 12.0. The molecule has 0 saturated carbocycles. The van der Waals surface area contributed by atoms with Crippen LogP contribution in [0, 0.1) is 0 Å². The first-order valence-electron chi connectivity index (χ1n) is 8.48. The SMILES string of the molecule is CCN1CCN(C(=NNc2ccc3ccccc3c2)C(C)=O)CC1. The molecule has 24 heavy (non-hydrogen) atoms. The molecule has 2 aromatic rings. The van der Waals surface area contributed by atoms with Crippen molar-refractivity contribution in [1.29, 1.82) is 0 Å². The molecule has 5 nitrogen and oxygen atoms in total. The number of Topliss-reactive ketones (excluding diaryl/α,β-unsaturated/α-hetero) is 1. The van der Waals surface area contributed by atoms with Crippen molar-refractivity contribution in [3.63, 3.8) is 0 Å². The summed E-state index contributed by atoms with van der Waals surface area (Å²) in [6, 6.07) is 14.3.